The van der Waals surface area contributed by atoms with Crippen molar-refractivity contribution in [2.24, 2.45) is 5.73 Å². The van der Waals surface area contributed by atoms with Gasteiger partial charge in [0, 0.05) is 43.1 Å². The fourth-order valence-corrected chi connectivity index (χ4v) is 2.40. The molecule has 0 heterocycles. The van der Waals surface area contributed by atoms with Gasteiger partial charge in [-0.15, -0.1) is 0 Å². The molecule has 1 atom stereocenters. The second kappa shape index (κ2) is 9.72. The molecular weight excluding hydrogens is 341 g/mol. The Morgan fingerprint density at radius 2 is 2.09 bits per heavy atom. The maximum atomic E-state index is 12.3. The highest BCUT2D eigenvalue weighted by molar-refractivity contribution is 6.35. The lowest BCUT2D eigenvalue weighted by Gasteiger charge is -2.24. The molecule has 128 valence electrons. The van der Waals surface area contributed by atoms with E-state index in [0.717, 1.165) is 5.56 Å². The van der Waals surface area contributed by atoms with E-state index in [2.05, 4.69) is 5.32 Å². The van der Waals surface area contributed by atoms with Gasteiger partial charge in [0.05, 0.1) is 12.5 Å². The molecule has 0 aliphatic carbocycles. The number of nitrogens with one attached hydrogen (secondary N) is 1. The zero-order valence-corrected chi connectivity index (χ0v) is 14.4. The molecular formula is C15H21Cl2N3O3. The van der Waals surface area contributed by atoms with Crippen LogP contribution in [0.25, 0.3) is 0 Å². The SMILES string of the molecule is CC(=O)NCCN(Cc1ccc(Cl)cc1Cl)C(=O)CC(O)CN. The van der Waals surface area contributed by atoms with E-state index in [-0.39, 0.29) is 31.3 Å². The monoisotopic (exact) mass is 361 g/mol. The van der Waals surface area contributed by atoms with Crippen LogP contribution in [0.4, 0.5) is 0 Å². The number of carbonyl (C=O) groups is 2. The summed E-state index contributed by atoms with van der Waals surface area (Å²) in [5, 5.41) is 13.2. The first-order chi connectivity index (χ1) is 10.8. The highest BCUT2D eigenvalue weighted by Crippen LogP contribution is 2.22. The molecule has 4 N–H and O–H groups in total. The van der Waals surface area contributed by atoms with Crippen molar-refractivity contribution in [3.05, 3.63) is 33.8 Å². The standard InChI is InChI=1S/C15H21Cl2N3O3/c1-10(21)19-4-5-20(15(23)7-13(22)8-18)9-11-2-3-12(16)6-14(11)17/h2-3,6,13,22H,4-5,7-9,18H2,1H3,(H,19,21). The van der Waals surface area contributed by atoms with Crippen LogP contribution in [-0.4, -0.2) is 47.6 Å². The summed E-state index contributed by atoms with van der Waals surface area (Å²) < 4.78 is 0. The molecule has 0 radical (unpaired) electrons. The fraction of sp³-hybridized carbons (Fsp3) is 0.467. The number of hydrogen-bond acceptors (Lipinski definition) is 4. The molecule has 2 amide bonds. The van der Waals surface area contributed by atoms with Gasteiger partial charge in [-0.1, -0.05) is 29.3 Å². The Morgan fingerprint density at radius 1 is 1.39 bits per heavy atom. The van der Waals surface area contributed by atoms with Gasteiger partial charge in [-0.3, -0.25) is 9.59 Å². The first-order valence-electron chi connectivity index (χ1n) is 7.17. The maximum absolute atomic E-state index is 12.3. The maximum Gasteiger partial charge on any atom is 0.225 e. The molecule has 0 saturated heterocycles. The van der Waals surface area contributed by atoms with Gasteiger partial charge in [-0.25, -0.2) is 0 Å². The van der Waals surface area contributed by atoms with Crippen LogP contribution in [0.1, 0.15) is 18.9 Å². The van der Waals surface area contributed by atoms with Gasteiger partial charge in [0.1, 0.15) is 0 Å². The molecule has 0 spiro atoms. The number of nitrogens with two attached hydrogens (primary N) is 1. The van der Waals surface area contributed by atoms with Crippen LogP contribution < -0.4 is 11.1 Å². The second-order valence-electron chi connectivity index (χ2n) is 5.13. The summed E-state index contributed by atoms with van der Waals surface area (Å²) in [5.41, 5.74) is 6.07. The Labute approximate surface area is 145 Å². The lowest BCUT2D eigenvalue weighted by Crippen LogP contribution is -2.39. The quantitative estimate of drug-likeness (QED) is 0.647. The normalized spacial score (nSPS) is 11.9. The first-order valence-corrected chi connectivity index (χ1v) is 7.93. The summed E-state index contributed by atoms with van der Waals surface area (Å²) in [7, 11) is 0. The number of halogens is 2. The van der Waals surface area contributed by atoms with E-state index in [4.69, 9.17) is 28.9 Å². The topological polar surface area (TPSA) is 95.7 Å². The van der Waals surface area contributed by atoms with E-state index in [1.54, 1.807) is 18.2 Å². The zero-order chi connectivity index (χ0) is 17.4. The van der Waals surface area contributed by atoms with Crippen molar-refractivity contribution in [1.29, 1.82) is 0 Å². The zero-order valence-electron chi connectivity index (χ0n) is 12.9. The molecule has 1 rings (SSSR count). The number of aliphatic hydroxyl groups excluding tert-OH is 1. The van der Waals surface area contributed by atoms with E-state index in [0.29, 0.717) is 23.1 Å². The molecule has 6 nitrogen and oxygen atoms in total. The molecule has 23 heavy (non-hydrogen) atoms. The van der Waals surface area contributed by atoms with Crippen LogP contribution in [0, 0.1) is 0 Å². The average Bonchev–Trinajstić information content (AvgIpc) is 2.47. The van der Waals surface area contributed by atoms with Crippen LogP contribution in [0.5, 0.6) is 0 Å². The van der Waals surface area contributed by atoms with Gasteiger partial charge in [0.25, 0.3) is 0 Å². The number of amides is 2. The summed E-state index contributed by atoms with van der Waals surface area (Å²) in [6.45, 7) is 2.28. The van der Waals surface area contributed by atoms with Crippen LogP contribution in [0.15, 0.2) is 18.2 Å². The van der Waals surface area contributed by atoms with Crippen LogP contribution >= 0.6 is 23.2 Å². The number of benzene rings is 1. The molecule has 1 aromatic carbocycles. The van der Waals surface area contributed by atoms with Crippen LogP contribution in [-0.2, 0) is 16.1 Å². The summed E-state index contributed by atoms with van der Waals surface area (Å²) >= 11 is 12.0. The van der Waals surface area contributed by atoms with Crippen LogP contribution in [0.3, 0.4) is 0 Å². The second-order valence-corrected chi connectivity index (χ2v) is 5.97. The van der Waals surface area contributed by atoms with Crippen molar-refractivity contribution < 1.29 is 14.7 Å². The van der Waals surface area contributed by atoms with Crippen molar-refractivity contribution in [2.45, 2.75) is 26.0 Å². The van der Waals surface area contributed by atoms with Gasteiger partial charge < -0.3 is 21.1 Å². The Bertz CT molecular complexity index is 555. The Balaban J connectivity index is 2.80. The van der Waals surface area contributed by atoms with Gasteiger partial charge in [-0.2, -0.15) is 0 Å². The van der Waals surface area contributed by atoms with Crippen LogP contribution in [0.2, 0.25) is 10.0 Å². The van der Waals surface area contributed by atoms with Crippen molar-refractivity contribution in [2.75, 3.05) is 19.6 Å². The minimum absolute atomic E-state index is 0.00692. The minimum Gasteiger partial charge on any atom is -0.391 e. The van der Waals surface area contributed by atoms with Crippen molar-refractivity contribution in [3.8, 4) is 0 Å². The molecule has 0 aliphatic heterocycles. The van der Waals surface area contributed by atoms with Crippen molar-refractivity contribution in [3.63, 3.8) is 0 Å². The predicted molar refractivity (Wildman–Crippen MR) is 90.2 cm³/mol. The molecule has 0 aliphatic rings. The van der Waals surface area contributed by atoms with Crippen molar-refractivity contribution in [1.82, 2.24) is 10.2 Å². The number of carbonyl (C=O) groups excluding carboxylic acids is 2. The molecule has 0 fully saturated rings. The third kappa shape index (κ3) is 7.18. The first kappa shape index (κ1) is 19.7. The molecule has 0 saturated carbocycles. The van der Waals surface area contributed by atoms with E-state index in [9.17, 15) is 14.7 Å². The minimum atomic E-state index is -0.897. The molecule has 1 unspecified atom stereocenters. The highest BCUT2D eigenvalue weighted by Gasteiger charge is 2.18. The predicted octanol–water partition coefficient (Wildman–Crippen LogP) is 1.17. The van der Waals surface area contributed by atoms with Gasteiger partial charge in [0.15, 0.2) is 0 Å². The lowest BCUT2D eigenvalue weighted by atomic mass is 10.1. The Hall–Kier alpha value is -1.34. The summed E-state index contributed by atoms with van der Waals surface area (Å²) in [6, 6.07) is 5.03. The fourth-order valence-electron chi connectivity index (χ4n) is 1.93. The summed E-state index contributed by atoms with van der Waals surface area (Å²) in [6.07, 6.45) is -0.978. The van der Waals surface area contributed by atoms with Crippen molar-refractivity contribution >= 4 is 35.0 Å². The third-order valence-electron chi connectivity index (χ3n) is 3.17. The van der Waals surface area contributed by atoms with E-state index >= 15 is 0 Å². The Kier molecular flexibility index (Phi) is 8.33. The molecule has 0 bridgehead atoms. The van der Waals surface area contributed by atoms with E-state index < -0.39 is 6.10 Å². The highest BCUT2D eigenvalue weighted by atomic mass is 35.5. The van der Waals surface area contributed by atoms with Gasteiger partial charge in [0.2, 0.25) is 11.8 Å². The average molecular weight is 362 g/mol. The molecule has 0 aromatic heterocycles. The largest absolute Gasteiger partial charge is 0.391 e. The molecule has 8 heteroatoms. The van der Waals surface area contributed by atoms with E-state index in [1.807, 2.05) is 0 Å². The lowest BCUT2D eigenvalue weighted by molar-refractivity contribution is -0.134. The summed E-state index contributed by atoms with van der Waals surface area (Å²) in [4.78, 5) is 24.8. The Morgan fingerprint density at radius 3 is 2.65 bits per heavy atom. The summed E-state index contributed by atoms with van der Waals surface area (Å²) in [5.74, 6) is -0.441. The van der Waals surface area contributed by atoms with E-state index in [1.165, 1.54) is 11.8 Å². The third-order valence-corrected chi connectivity index (χ3v) is 3.75. The smallest absolute Gasteiger partial charge is 0.225 e. The molecule has 1 aromatic rings. The number of nitrogens with zero attached hydrogens (tertiary/aromatic N) is 1. The number of rotatable bonds is 8. The van der Waals surface area contributed by atoms with Gasteiger partial charge in [-0.05, 0) is 17.7 Å². The number of aliphatic hydroxyl groups is 1. The van der Waals surface area contributed by atoms with Gasteiger partial charge >= 0.3 is 0 Å². The number of hydrogen-bond donors (Lipinski definition) is 3.